The van der Waals surface area contributed by atoms with Gasteiger partial charge in [-0.2, -0.15) is 0 Å². The number of aromatic hydroxyl groups is 1. The van der Waals surface area contributed by atoms with E-state index in [0.29, 0.717) is 10.9 Å². The van der Waals surface area contributed by atoms with Crippen LogP contribution in [0.2, 0.25) is 1.41 Å². The average Bonchev–Trinajstić information content (AvgIpc) is 2.34. The van der Waals surface area contributed by atoms with Gasteiger partial charge in [0, 0.05) is 10.7 Å². The number of nitrogens with one attached hydrogen (secondary N) is 1. The summed E-state index contributed by atoms with van der Waals surface area (Å²) < 4.78 is 42.2. The summed E-state index contributed by atoms with van der Waals surface area (Å²) in [7, 11) is 0. The zero-order valence-electron chi connectivity index (χ0n) is 12.4. The fourth-order valence-corrected chi connectivity index (χ4v) is 0.903. The maximum absolute atomic E-state index is 7.34. The maximum Gasteiger partial charge on any atom is 0.293 e. The summed E-state index contributed by atoms with van der Waals surface area (Å²) in [4.78, 5) is 0. The Kier molecular flexibility index (Phi) is 1.28. The molecule has 3 nitrogen and oxygen atoms in total. The molecule has 0 unspecified atom stereocenters. The van der Waals surface area contributed by atoms with Gasteiger partial charge in [-0.3, -0.25) is 0 Å². The summed E-state index contributed by atoms with van der Waals surface area (Å²) in [5, 5.41) is 9.08. The molecule has 0 fully saturated rings. The fraction of sp³-hybridized carbons (Fsp3) is 0.333. The number of aliphatic hydroxyl groups excluding tert-OH is 1. The van der Waals surface area contributed by atoms with Gasteiger partial charge in [-0.15, -0.1) is 0 Å². The molecule has 0 heterocycles. The van der Waals surface area contributed by atoms with Crippen molar-refractivity contribution in [1.82, 2.24) is 5.31 Å². The smallest absolute Gasteiger partial charge is 0.293 e. The van der Waals surface area contributed by atoms with Crippen LogP contribution in [0.15, 0.2) is 24.3 Å². The van der Waals surface area contributed by atoms with E-state index in [1.807, 2.05) is 0 Å². The molecule has 1 rings (SSSR count). The minimum absolute atomic E-state index is 0.250. The van der Waals surface area contributed by atoms with Crippen LogP contribution in [0.25, 0.3) is 0 Å². The van der Waals surface area contributed by atoms with Crippen molar-refractivity contribution >= 4 is 0 Å². The first kappa shape index (κ1) is 3.77. The Morgan fingerprint density at radius 3 is 3.58 bits per heavy atom. The summed E-state index contributed by atoms with van der Waals surface area (Å²) in [5.74, 6) is 0.250. The topological polar surface area (TPSA) is 52.5 Å². The van der Waals surface area contributed by atoms with Crippen LogP contribution in [0.4, 0.5) is 0 Å². The molecule has 0 saturated carbocycles. The molecule has 0 bridgehead atoms. The normalized spacial score (nSPS) is 21.1. The molecule has 0 amide bonds. The van der Waals surface area contributed by atoms with Crippen molar-refractivity contribution in [3.63, 3.8) is 0 Å². The second kappa shape index (κ2) is 4.09. The Hall–Kier alpha value is -1.06. The molecule has 3 N–H and O–H groups in total. The molecule has 1 aromatic rings. The predicted octanol–water partition coefficient (Wildman–Crippen LogP) is 0.645. The van der Waals surface area contributed by atoms with Gasteiger partial charge < -0.3 is 15.5 Å². The number of rotatable bonds is 5. The lowest BCUT2D eigenvalue weighted by Gasteiger charge is -2.09. The summed E-state index contributed by atoms with van der Waals surface area (Å²) in [6, 6.07) is 6.20. The first-order valence-electron chi connectivity index (χ1n) is 6.26. The van der Waals surface area contributed by atoms with Gasteiger partial charge in [-0.05, 0) is 24.7 Å². The predicted molar refractivity (Wildman–Crippen MR) is 47.0 cm³/mol. The van der Waals surface area contributed by atoms with E-state index in [9.17, 15) is 0 Å². The molecule has 0 aliphatic heterocycles. The molecule has 3 heteroatoms. The molecule has 0 aliphatic rings. The molecule has 1 atom stereocenters. The van der Waals surface area contributed by atoms with Crippen LogP contribution < -0.4 is 5.31 Å². The van der Waals surface area contributed by atoms with Crippen LogP contribution in [0.1, 0.15) is 15.8 Å². The second-order valence-electron chi connectivity index (χ2n) is 2.40. The van der Waals surface area contributed by atoms with Gasteiger partial charge in [0.2, 0.25) is 1.43 Å². The van der Waals surface area contributed by atoms with E-state index in [1.54, 1.807) is 18.2 Å². The van der Waals surface area contributed by atoms with Crippen molar-refractivity contribution in [2.45, 2.75) is 6.10 Å². The Morgan fingerprint density at radius 1 is 1.83 bits per heavy atom. The van der Waals surface area contributed by atoms with Crippen LogP contribution in [0.5, 0.6) is 5.75 Å². The van der Waals surface area contributed by atoms with Crippen molar-refractivity contribution in [3.05, 3.63) is 29.8 Å². The second-order valence-corrected chi connectivity index (χ2v) is 2.40. The SMILES string of the molecule is [2H]Oc1cccc([C@@H](CN([2H])C([2H])([2H])[2H])O[2H])c1. The lowest BCUT2D eigenvalue weighted by atomic mass is 10.1. The van der Waals surface area contributed by atoms with Gasteiger partial charge in [0.25, 0.3) is 1.43 Å². The van der Waals surface area contributed by atoms with E-state index in [2.05, 4.69) is 10.2 Å². The zero-order valence-corrected chi connectivity index (χ0v) is 6.36. The van der Waals surface area contributed by atoms with E-state index < -0.39 is 13.1 Å². The fourth-order valence-electron chi connectivity index (χ4n) is 0.903. The Bertz CT molecular complexity index is 386. The van der Waals surface area contributed by atoms with Gasteiger partial charge in [0.15, 0.2) is 0 Å². The van der Waals surface area contributed by atoms with Crippen LogP contribution in [-0.4, -0.2) is 26.6 Å². The van der Waals surface area contributed by atoms with Crippen molar-refractivity contribution in [1.29, 1.82) is 2.86 Å². The summed E-state index contributed by atoms with van der Waals surface area (Å²) in [6.07, 6.45) is -0.905. The number of aliphatic hydroxyl groups is 1. The first-order chi connectivity index (χ1) is 8.38. The zero-order chi connectivity index (χ0) is 13.8. The van der Waals surface area contributed by atoms with Crippen LogP contribution in [0, 0.1) is 0 Å². The molecular weight excluding hydrogens is 154 g/mol. The summed E-state index contributed by atoms with van der Waals surface area (Å²) >= 11 is 0. The molecule has 0 aromatic heterocycles. The maximum atomic E-state index is 7.34. The summed E-state index contributed by atoms with van der Waals surface area (Å²) in [6.45, 7) is -2.86. The molecule has 66 valence electrons. The molecule has 1 aromatic carbocycles. The highest BCUT2D eigenvalue weighted by Gasteiger charge is 2.05. The Balaban J connectivity index is 2.82. The quantitative estimate of drug-likeness (QED) is 0.612. The third kappa shape index (κ3) is 2.22. The molecular formula is C9H13NO2. The van der Waals surface area contributed by atoms with E-state index >= 15 is 0 Å². The number of benzene rings is 1. The number of hydrogen-bond acceptors (Lipinski definition) is 3. The Labute approximate surface area is 80.3 Å². The van der Waals surface area contributed by atoms with E-state index in [4.69, 9.17) is 8.39 Å². The van der Waals surface area contributed by atoms with Gasteiger partial charge >= 0.3 is 0 Å². The van der Waals surface area contributed by atoms with Gasteiger partial charge in [0.05, 0.1) is 6.10 Å². The highest BCUT2D eigenvalue weighted by molar-refractivity contribution is 5.28. The first-order valence-corrected chi connectivity index (χ1v) is 3.50. The van der Waals surface area contributed by atoms with Gasteiger partial charge in [0.1, 0.15) is 7.16 Å². The van der Waals surface area contributed by atoms with Crippen LogP contribution in [-0.2, 0) is 0 Å². The molecule has 0 saturated heterocycles. The minimum Gasteiger partial charge on any atom is -0.508 e. The van der Waals surface area contributed by atoms with Crippen molar-refractivity contribution in [3.8, 4) is 5.75 Å². The van der Waals surface area contributed by atoms with Crippen LogP contribution in [0.3, 0.4) is 0 Å². The van der Waals surface area contributed by atoms with Crippen LogP contribution >= 0.6 is 0 Å². The highest BCUT2D eigenvalue weighted by atomic mass is 16.3. The average molecular weight is 173 g/mol. The van der Waals surface area contributed by atoms with Crippen molar-refractivity contribution in [2.75, 3.05) is 13.5 Å². The van der Waals surface area contributed by atoms with Crippen molar-refractivity contribution < 1.29 is 15.7 Å². The van der Waals surface area contributed by atoms with E-state index in [1.165, 1.54) is 6.07 Å². The lowest BCUT2D eigenvalue weighted by molar-refractivity contribution is 0.177. The standard InChI is InChI=1S/C9H13NO2/c1-10-6-9(12)7-3-2-4-8(11)5-7/h2-5,9-12H,6H2,1H3/t9-/m1/s1/i1D3,12D/hD2. The number of likely N-dealkylation sites (N-methyl/N-ethyl adjacent to an activating group) is 1. The van der Waals surface area contributed by atoms with E-state index in [0.717, 1.165) is 0 Å². The number of phenolic OH excluding ortho intramolecular Hbond substituents is 1. The minimum atomic E-state index is -2.57. The third-order valence-electron chi connectivity index (χ3n) is 1.49. The van der Waals surface area contributed by atoms with Gasteiger partial charge in [-0.1, -0.05) is 12.1 Å². The Morgan fingerprint density at radius 2 is 2.83 bits per heavy atom. The molecule has 0 aliphatic carbocycles. The lowest BCUT2D eigenvalue weighted by Crippen LogP contribution is -2.16. The monoisotopic (exact) mass is 173 g/mol. The molecule has 12 heavy (non-hydrogen) atoms. The largest absolute Gasteiger partial charge is 0.508 e. The molecule has 0 spiro atoms. The van der Waals surface area contributed by atoms with Gasteiger partial charge in [-0.25, -0.2) is 0 Å². The number of hydrogen-bond donors (Lipinski definition) is 3. The highest BCUT2D eigenvalue weighted by Crippen LogP contribution is 2.17. The summed E-state index contributed by atoms with van der Waals surface area (Å²) in [5.41, 5.74) is 0.469. The molecule has 0 radical (unpaired) electrons. The number of phenols is 1. The van der Waals surface area contributed by atoms with Crippen molar-refractivity contribution in [2.24, 2.45) is 0 Å². The third-order valence-corrected chi connectivity index (χ3v) is 1.49. The van der Waals surface area contributed by atoms with E-state index in [-0.39, 0.29) is 12.3 Å².